The van der Waals surface area contributed by atoms with Crippen LogP contribution in [0.25, 0.3) is 0 Å². The van der Waals surface area contributed by atoms with Gasteiger partial charge in [0.15, 0.2) is 5.78 Å². The predicted molar refractivity (Wildman–Crippen MR) is 99.0 cm³/mol. The maximum Gasteiger partial charge on any atom is 0.248 e. The standard InChI is InChI=1S/C21H19N3O3/c1-3-8-24-15-7-5-4-6-13(15)21(20(24)26)14(11-22)19(23)27-17-10-12(2)9-16(25)18(17)21/h3-7,12H,1,8-10,23H2,2H3/t12-,21+/m0/s1. The summed E-state index contributed by atoms with van der Waals surface area (Å²) in [7, 11) is 0. The molecular weight excluding hydrogens is 342 g/mol. The van der Waals surface area contributed by atoms with Crippen molar-refractivity contribution in [3.8, 4) is 6.07 Å². The van der Waals surface area contributed by atoms with Crippen molar-refractivity contribution in [3.63, 3.8) is 0 Å². The molecule has 0 saturated carbocycles. The highest BCUT2D eigenvalue weighted by atomic mass is 16.5. The van der Waals surface area contributed by atoms with E-state index in [1.807, 2.05) is 19.1 Å². The molecule has 4 rings (SSSR count). The molecule has 0 unspecified atom stereocenters. The molecule has 27 heavy (non-hydrogen) atoms. The number of carbonyl (C=O) groups excluding carboxylic acids is 2. The third-order valence-corrected chi connectivity index (χ3v) is 5.44. The molecule has 136 valence electrons. The first kappa shape index (κ1) is 17.1. The topological polar surface area (TPSA) is 96.4 Å². The third kappa shape index (κ3) is 2.05. The van der Waals surface area contributed by atoms with Crippen LogP contribution < -0.4 is 10.6 Å². The third-order valence-electron chi connectivity index (χ3n) is 5.44. The summed E-state index contributed by atoms with van der Waals surface area (Å²) in [5.74, 6) is -0.157. The van der Waals surface area contributed by atoms with Crippen molar-refractivity contribution in [1.29, 1.82) is 5.26 Å². The Labute approximate surface area is 157 Å². The van der Waals surface area contributed by atoms with Crippen LogP contribution in [0, 0.1) is 17.2 Å². The molecule has 1 spiro atoms. The average molecular weight is 361 g/mol. The van der Waals surface area contributed by atoms with Gasteiger partial charge in [-0.15, -0.1) is 6.58 Å². The molecule has 6 heteroatoms. The summed E-state index contributed by atoms with van der Waals surface area (Å²) in [4.78, 5) is 28.4. The number of carbonyl (C=O) groups is 2. The molecule has 0 saturated heterocycles. The van der Waals surface area contributed by atoms with Crippen molar-refractivity contribution in [2.45, 2.75) is 25.2 Å². The number of amides is 1. The van der Waals surface area contributed by atoms with E-state index in [0.29, 0.717) is 29.9 Å². The first-order valence-electron chi connectivity index (χ1n) is 8.84. The number of rotatable bonds is 2. The number of hydrogen-bond acceptors (Lipinski definition) is 5. The first-order chi connectivity index (χ1) is 13.0. The van der Waals surface area contributed by atoms with Gasteiger partial charge in [-0.05, 0) is 12.0 Å². The molecule has 1 amide bonds. The number of fused-ring (bicyclic) bond motifs is 3. The number of nitrogens with zero attached hydrogens (tertiary/aromatic N) is 2. The minimum Gasteiger partial charge on any atom is -0.444 e. The zero-order chi connectivity index (χ0) is 19.3. The molecule has 1 aliphatic carbocycles. The van der Waals surface area contributed by atoms with Crippen LogP contribution >= 0.6 is 0 Å². The van der Waals surface area contributed by atoms with Gasteiger partial charge in [-0.25, -0.2) is 0 Å². The number of benzene rings is 1. The van der Waals surface area contributed by atoms with E-state index in [4.69, 9.17) is 10.5 Å². The summed E-state index contributed by atoms with van der Waals surface area (Å²) in [6.45, 7) is 5.94. The lowest BCUT2D eigenvalue weighted by molar-refractivity contribution is -0.125. The van der Waals surface area contributed by atoms with Crippen LogP contribution in [0.2, 0.25) is 0 Å². The number of nitrogens with two attached hydrogens (primary N) is 1. The van der Waals surface area contributed by atoms with Crippen molar-refractivity contribution >= 4 is 17.4 Å². The van der Waals surface area contributed by atoms with Gasteiger partial charge in [0.25, 0.3) is 0 Å². The number of nitriles is 1. The van der Waals surface area contributed by atoms with Gasteiger partial charge in [0.1, 0.15) is 22.8 Å². The number of hydrogen-bond donors (Lipinski definition) is 1. The molecule has 0 radical (unpaired) electrons. The molecule has 2 aliphatic heterocycles. The van der Waals surface area contributed by atoms with Crippen molar-refractivity contribution in [1.82, 2.24) is 0 Å². The van der Waals surface area contributed by atoms with E-state index in [9.17, 15) is 14.9 Å². The monoisotopic (exact) mass is 361 g/mol. The Bertz CT molecular complexity index is 998. The Morgan fingerprint density at radius 1 is 1.41 bits per heavy atom. The zero-order valence-corrected chi connectivity index (χ0v) is 15.0. The molecule has 1 aromatic carbocycles. The lowest BCUT2D eigenvalue weighted by atomic mass is 9.64. The number of ketones is 1. The second-order valence-corrected chi connectivity index (χ2v) is 7.16. The molecule has 6 nitrogen and oxygen atoms in total. The highest BCUT2D eigenvalue weighted by Crippen LogP contribution is 2.55. The maximum atomic E-state index is 13.7. The van der Waals surface area contributed by atoms with Crippen LogP contribution in [0.4, 0.5) is 5.69 Å². The fraction of sp³-hybridized carbons (Fsp3) is 0.286. The summed E-state index contributed by atoms with van der Waals surface area (Å²) in [6.07, 6.45) is 2.42. The number of para-hydroxylation sites is 1. The molecular formula is C21H19N3O3. The Kier molecular flexibility index (Phi) is 3.70. The van der Waals surface area contributed by atoms with E-state index in [2.05, 4.69) is 12.6 Å². The Morgan fingerprint density at radius 3 is 2.85 bits per heavy atom. The largest absolute Gasteiger partial charge is 0.444 e. The molecule has 3 aliphatic rings. The van der Waals surface area contributed by atoms with Crippen molar-refractivity contribution in [2.24, 2.45) is 11.7 Å². The molecule has 0 fully saturated rings. The van der Waals surface area contributed by atoms with Crippen molar-refractivity contribution in [3.05, 3.63) is 65.3 Å². The minimum atomic E-state index is -1.54. The Balaban J connectivity index is 2.10. The lowest BCUT2D eigenvalue weighted by Crippen LogP contribution is -2.49. The van der Waals surface area contributed by atoms with Crippen LogP contribution in [0.15, 0.2) is 59.7 Å². The van der Waals surface area contributed by atoms with E-state index in [1.165, 1.54) is 0 Å². The maximum absolute atomic E-state index is 13.7. The summed E-state index contributed by atoms with van der Waals surface area (Å²) < 4.78 is 5.68. The summed E-state index contributed by atoms with van der Waals surface area (Å²) in [5.41, 5.74) is 6.03. The zero-order valence-electron chi connectivity index (χ0n) is 15.0. The molecule has 2 atom stereocenters. The lowest BCUT2D eigenvalue weighted by Gasteiger charge is -2.38. The van der Waals surface area contributed by atoms with E-state index in [0.717, 1.165) is 0 Å². The van der Waals surface area contributed by atoms with Gasteiger partial charge in [-0.1, -0.05) is 31.2 Å². The molecule has 0 bridgehead atoms. The van der Waals surface area contributed by atoms with E-state index >= 15 is 0 Å². The fourth-order valence-electron chi connectivity index (χ4n) is 4.45. The predicted octanol–water partition coefficient (Wildman–Crippen LogP) is 2.43. The summed E-state index contributed by atoms with van der Waals surface area (Å²) >= 11 is 0. The highest BCUT2D eigenvalue weighted by Gasteiger charge is 2.62. The first-order valence-corrected chi connectivity index (χ1v) is 8.84. The summed E-state index contributed by atoms with van der Waals surface area (Å²) in [6, 6.07) is 9.26. The van der Waals surface area contributed by atoms with Crippen LogP contribution in [0.5, 0.6) is 0 Å². The molecule has 2 N–H and O–H groups in total. The average Bonchev–Trinajstić information content (AvgIpc) is 2.85. The fourth-order valence-corrected chi connectivity index (χ4v) is 4.45. The van der Waals surface area contributed by atoms with Crippen molar-refractivity contribution in [2.75, 3.05) is 11.4 Å². The normalized spacial score (nSPS) is 26.7. The molecule has 1 aromatic rings. The van der Waals surface area contributed by atoms with Crippen LogP contribution in [-0.4, -0.2) is 18.2 Å². The Morgan fingerprint density at radius 2 is 2.15 bits per heavy atom. The number of anilines is 1. The van der Waals surface area contributed by atoms with Crippen LogP contribution in [-0.2, 0) is 19.7 Å². The van der Waals surface area contributed by atoms with Gasteiger partial charge in [0.2, 0.25) is 11.8 Å². The quantitative estimate of drug-likeness (QED) is 0.816. The van der Waals surface area contributed by atoms with Gasteiger partial charge in [-0.3, -0.25) is 9.59 Å². The van der Waals surface area contributed by atoms with Crippen LogP contribution in [0.1, 0.15) is 25.3 Å². The second-order valence-electron chi connectivity index (χ2n) is 7.16. The smallest absolute Gasteiger partial charge is 0.248 e. The number of allylic oxidation sites excluding steroid dienone is 1. The van der Waals surface area contributed by atoms with Gasteiger partial charge >= 0.3 is 0 Å². The van der Waals surface area contributed by atoms with Gasteiger partial charge in [-0.2, -0.15) is 5.26 Å². The second kappa shape index (κ2) is 5.85. The van der Waals surface area contributed by atoms with Gasteiger partial charge in [0, 0.05) is 30.6 Å². The van der Waals surface area contributed by atoms with Gasteiger partial charge in [0.05, 0.1) is 5.57 Å². The molecule has 0 aromatic heterocycles. The van der Waals surface area contributed by atoms with Gasteiger partial charge < -0.3 is 15.4 Å². The molecule has 2 heterocycles. The number of ether oxygens (including phenoxy) is 1. The van der Waals surface area contributed by atoms with E-state index in [-0.39, 0.29) is 41.2 Å². The minimum absolute atomic E-state index is 0.0202. The summed E-state index contributed by atoms with van der Waals surface area (Å²) in [5, 5.41) is 9.88. The SMILES string of the molecule is C=CCN1C(=O)[C@@]2(C(C#N)=C(N)OC3=C2C(=O)C[C@H](C)C3)c2ccccc21. The highest BCUT2D eigenvalue weighted by molar-refractivity contribution is 6.20. The van der Waals surface area contributed by atoms with Crippen LogP contribution in [0.3, 0.4) is 0 Å². The van der Waals surface area contributed by atoms with Crippen molar-refractivity contribution < 1.29 is 14.3 Å². The number of Topliss-reactive ketones (excluding diaryl/α,β-unsaturated/α-hetero) is 1. The Hall–Kier alpha value is -3.33. The van der Waals surface area contributed by atoms with E-state index < -0.39 is 5.41 Å². The van der Waals surface area contributed by atoms with E-state index in [1.54, 1.807) is 23.1 Å².